The molecule has 0 aliphatic carbocycles. The van der Waals surface area contributed by atoms with Gasteiger partial charge in [-0.2, -0.15) is 0 Å². The Hall–Kier alpha value is -1.42. The average Bonchev–Trinajstić information content (AvgIpc) is 2.36. The van der Waals surface area contributed by atoms with Crippen molar-refractivity contribution in [1.29, 1.82) is 0 Å². The first-order valence-electron chi connectivity index (χ1n) is 6.55. The number of hydrogen-bond donors (Lipinski definition) is 2. The van der Waals surface area contributed by atoms with Gasteiger partial charge in [0, 0.05) is 18.6 Å². The molecule has 0 saturated carbocycles. The van der Waals surface area contributed by atoms with E-state index in [4.69, 9.17) is 22.4 Å². The van der Waals surface area contributed by atoms with E-state index in [1.807, 2.05) is 6.92 Å². The third kappa shape index (κ3) is 9.66. The number of hydrogen-bond acceptors (Lipinski definition) is 6. The summed E-state index contributed by atoms with van der Waals surface area (Å²) in [4.78, 5) is 10.5. The molecule has 0 fully saturated rings. The lowest BCUT2D eigenvalue weighted by Crippen LogP contribution is -2.21. The molecule has 0 aliphatic rings. The third-order valence-corrected chi connectivity index (χ3v) is 5.50. The SMILES string of the molecule is CS(=O)(=O)/C(Cl)=C/[C@@H](N)CC(=O)O.Cc1ccc(S(C)(=O)=O)cc1. The van der Waals surface area contributed by atoms with Crippen molar-refractivity contribution in [2.24, 2.45) is 5.73 Å². The van der Waals surface area contributed by atoms with Crippen molar-refractivity contribution in [2.45, 2.75) is 24.3 Å². The average molecular weight is 398 g/mol. The second-order valence-corrected chi connectivity index (χ2v) is 9.72. The number of sulfone groups is 2. The molecule has 1 rings (SSSR count). The van der Waals surface area contributed by atoms with Gasteiger partial charge in [0.2, 0.25) is 0 Å². The number of carboxylic acid groups (broad SMARTS) is 1. The first kappa shape index (κ1) is 22.6. The molecular weight excluding hydrogens is 378 g/mol. The third-order valence-electron chi connectivity index (χ3n) is 2.56. The molecule has 1 atom stereocenters. The Balaban J connectivity index is 0.000000446. The van der Waals surface area contributed by atoms with Crippen LogP contribution in [0.4, 0.5) is 0 Å². The van der Waals surface area contributed by atoms with Crippen molar-refractivity contribution in [3.8, 4) is 0 Å². The van der Waals surface area contributed by atoms with Gasteiger partial charge in [-0.15, -0.1) is 0 Å². The van der Waals surface area contributed by atoms with Crippen molar-refractivity contribution >= 4 is 37.2 Å². The van der Waals surface area contributed by atoms with Gasteiger partial charge in [-0.3, -0.25) is 4.79 Å². The Morgan fingerprint density at radius 3 is 2.00 bits per heavy atom. The fraction of sp³-hybridized carbons (Fsp3) is 0.357. The molecular formula is C14H20ClNO6S2. The summed E-state index contributed by atoms with van der Waals surface area (Å²) >= 11 is 5.34. The predicted molar refractivity (Wildman–Crippen MR) is 93.3 cm³/mol. The summed E-state index contributed by atoms with van der Waals surface area (Å²) in [6, 6.07) is 5.92. The monoisotopic (exact) mass is 397 g/mol. The van der Waals surface area contributed by atoms with E-state index in [-0.39, 0.29) is 6.42 Å². The summed E-state index contributed by atoms with van der Waals surface area (Å²) in [6.07, 6.45) is 2.77. The molecule has 7 nitrogen and oxygen atoms in total. The Labute approximate surface area is 147 Å². The van der Waals surface area contributed by atoms with Crippen LogP contribution in [0.25, 0.3) is 0 Å². The van der Waals surface area contributed by atoms with Crippen LogP contribution in [0, 0.1) is 6.92 Å². The summed E-state index contributed by atoms with van der Waals surface area (Å²) in [6.45, 7) is 1.92. The van der Waals surface area contributed by atoms with Gasteiger partial charge in [-0.1, -0.05) is 29.3 Å². The smallest absolute Gasteiger partial charge is 0.305 e. The van der Waals surface area contributed by atoms with Crippen LogP contribution >= 0.6 is 11.6 Å². The van der Waals surface area contributed by atoms with E-state index in [0.29, 0.717) is 4.90 Å². The molecule has 24 heavy (non-hydrogen) atoms. The Kier molecular flexibility index (Phi) is 8.62. The van der Waals surface area contributed by atoms with Crippen molar-refractivity contribution < 1.29 is 26.7 Å². The number of halogens is 1. The van der Waals surface area contributed by atoms with Crippen molar-refractivity contribution in [1.82, 2.24) is 0 Å². The molecule has 0 saturated heterocycles. The lowest BCUT2D eigenvalue weighted by atomic mass is 10.2. The van der Waals surface area contributed by atoms with E-state index < -0.39 is 36.0 Å². The highest BCUT2D eigenvalue weighted by atomic mass is 35.5. The summed E-state index contributed by atoms with van der Waals surface area (Å²) in [7, 11) is -6.50. The molecule has 0 heterocycles. The summed E-state index contributed by atoms with van der Waals surface area (Å²) in [5.74, 6) is -1.11. The van der Waals surface area contributed by atoms with E-state index in [1.54, 1.807) is 24.3 Å². The normalized spacial score (nSPS) is 13.6. The maximum absolute atomic E-state index is 10.9. The molecule has 0 unspecified atom stereocenters. The van der Waals surface area contributed by atoms with Gasteiger partial charge in [0.15, 0.2) is 19.7 Å². The van der Waals surface area contributed by atoms with Crippen LogP contribution in [0.15, 0.2) is 39.6 Å². The molecule has 10 heteroatoms. The zero-order chi connectivity index (χ0) is 19.1. The minimum atomic E-state index is -3.48. The lowest BCUT2D eigenvalue weighted by Gasteiger charge is -2.02. The molecule has 1 aromatic carbocycles. The summed E-state index contributed by atoms with van der Waals surface area (Å²) in [5, 5.41) is 8.30. The highest BCUT2D eigenvalue weighted by Crippen LogP contribution is 2.11. The van der Waals surface area contributed by atoms with Crippen LogP contribution in [0.2, 0.25) is 0 Å². The molecule has 0 bridgehead atoms. The number of aliphatic carboxylic acids is 1. The number of rotatable bonds is 5. The molecule has 0 aliphatic heterocycles. The second-order valence-electron chi connectivity index (χ2n) is 5.09. The van der Waals surface area contributed by atoms with Gasteiger partial charge >= 0.3 is 5.97 Å². The van der Waals surface area contributed by atoms with E-state index in [9.17, 15) is 21.6 Å². The largest absolute Gasteiger partial charge is 0.481 e. The summed E-state index contributed by atoms with van der Waals surface area (Å²) < 4.78 is 43.0. The van der Waals surface area contributed by atoms with Crippen molar-refractivity contribution in [3.63, 3.8) is 0 Å². The van der Waals surface area contributed by atoms with Crippen LogP contribution < -0.4 is 5.73 Å². The van der Waals surface area contributed by atoms with E-state index >= 15 is 0 Å². The highest BCUT2D eigenvalue weighted by Gasteiger charge is 2.12. The van der Waals surface area contributed by atoms with Gasteiger partial charge < -0.3 is 10.8 Å². The zero-order valence-electron chi connectivity index (χ0n) is 13.4. The molecule has 0 radical (unpaired) electrons. The minimum Gasteiger partial charge on any atom is -0.481 e. The quantitative estimate of drug-likeness (QED) is 0.765. The minimum absolute atomic E-state index is 0.355. The van der Waals surface area contributed by atoms with Gasteiger partial charge in [0.25, 0.3) is 0 Å². The van der Waals surface area contributed by atoms with Crippen LogP contribution in [0.1, 0.15) is 12.0 Å². The second kappa shape index (κ2) is 9.16. The van der Waals surface area contributed by atoms with Crippen molar-refractivity contribution in [2.75, 3.05) is 12.5 Å². The number of nitrogens with two attached hydrogens (primary N) is 1. The number of aryl methyl sites for hydroxylation is 1. The first-order chi connectivity index (χ1) is 10.7. The maximum Gasteiger partial charge on any atom is 0.305 e. The van der Waals surface area contributed by atoms with Crippen molar-refractivity contribution in [3.05, 3.63) is 40.3 Å². The summed E-state index contributed by atoms with van der Waals surface area (Å²) in [5.41, 5.74) is 6.33. The Morgan fingerprint density at radius 2 is 1.67 bits per heavy atom. The Bertz CT molecular complexity index is 798. The van der Waals surface area contributed by atoms with Crippen LogP contribution in [-0.4, -0.2) is 46.5 Å². The molecule has 0 spiro atoms. The maximum atomic E-state index is 10.9. The van der Waals surface area contributed by atoms with Gasteiger partial charge in [-0.25, -0.2) is 16.8 Å². The standard InChI is InChI=1S/C8H10O2S.C6H10ClNO4S/c1-7-3-5-8(6-4-7)11(2,9)10;1-13(11,12)5(7)2-4(8)3-6(9)10/h3-6H,1-2H3;2,4H,3,8H2,1H3,(H,9,10)/b;5-2+/t;4-/m.1/s1. The zero-order valence-corrected chi connectivity index (χ0v) is 15.8. The number of carboxylic acids is 1. The van der Waals surface area contributed by atoms with Gasteiger partial charge in [0.1, 0.15) is 4.36 Å². The van der Waals surface area contributed by atoms with E-state index in [2.05, 4.69) is 0 Å². The molecule has 1 aromatic rings. The highest BCUT2D eigenvalue weighted by molar-refractivity contribution is 7.96. The number of carbonyl (C=O) groups is 1. The lowest BCUT2D eigenvalue weighted by molar-refractivity contribution is -0.137. The Morgan fingerprint density at radius 1 is 1.21 bits per heavy atom. The fourth-order valence-electron chi connectivity index (χ4n) is 1.34. The van der Waals surface area contributed by atoms with Crippen LogP contribution in [-0.2, 0) is 24.5 Å². The predicted octanol–water partition coefficient (Wildman–Crippen LogP) is 1.31. The fourth-order valence-corrected chi connectivity index (χ4v) is 2.55. The number of benzene rings is 1. The molecule has 136 valence electrons. The van der Waals surface area contributed by atoms with Gasteiger partial charge in [0.05, 0.1) is 11.3 Å². The van der Waals surface area contributed by atoms with Crippen LogP contribution in [0.5, 0.6) is 0 Å². The van der Waals surface area contributed by atoms with Crippen LogP contribution in [0.3, 0.4) is 0 Å². The molecule has 0 aromatic heterocycles. The molecule has 0 amide bonds. The van der Waals surface area contributed by atoms with Gasteiger partial charge in [-0.05, 0) is 25.1 Å². The van der Waals surface area contributed by atoms with E-state index in [1.165, 1.54) is 6.26 Å². The molecule has 3 N–H and O–H groups in total. The van der Waals surface area contributed by atoms with E-state index in [0.717, 1.165) is 17.9 Å². The topological polar surface area (TPSA) is 132 Å². The first-order valence-corrected chi connectivity index (χ1v) is 10.7.